The van der Waals surface area contributed by atoms with Crippen LogP contribution in [0.15, 0.2) is 47.6 Å². The van der Waals surface area contributed by atoms with E-state index in [9.17, 15) is 9.18 Å². The molecule has 2 rings (SSSR count). The second kappa shape index (κ2) is 8.05. The Morgan fingerprint density at radius 1 is 1.22 bits per heavy atom. The van der Waals surface area contributed by atoms with Gasteiger partial charge in [0.2, 0.25) is 0 Å². The number of hydrogen-bond donors (Lipinski definition) is 2. The van der Waals surface area contributed by atoms with E-state index in [0.29, 0.717) is 5.71 Å². The summed E-state index contributed by atoms with van der Waals surface area (Å²) in [5, 5.41) is 7.10. The molecule has 0 aromatic heterocycles. The molecule has 0 bridgehead atoms. The molecular weight excluding hydrogens is 408 g/mol. The number of halogens is 2. The Kier molecular flexibility index (Phi) is 6.09. The van der Waals surface area contributed by atoms with E-state index in [-0.39, 0.29) is 18.3 Å². The molecular formula is C17H17FIN3O. The van der Waals surface area contributed by atoms with Crippen LogP contribution in [0.1, 0.15) is 18.1 Å². The number of amides is 1. The molecule has 2 aromatic rings. The van der Waals surface area contributed by atoms with Crippen molar-refractivity contribution in [2.75, 3.05) is 11.9 Å². The number of hydrogen-bond acceptors (Lipinski definition) is 3. The minimum atomic E-state index is -0.303. The molecule has 23 heavy (non-hydrogen) atoms. The first-order valence-electron chi connectivity index (χ1n) is 7.05. The van der Waals surface area contributed by atoms with Crippen LogP contribution < -0.4 is 10.7 Å². The highest BCUT2D eigenvalue weighted by atomic mass is 127. The molecule has 0 fully saturated rings. The van der Waals surface area contributed by atoms with Crippen LogP contribution in [0.2, 0.25) is 0 Å². The molecule has 0 saturated heterocycles. The summed E-state index contributed by atoms with van der Waals surface area (Å²) in [4.78, 5) is 11.8. The minimum Gasteiger partial charge on any atom is -0.376 e. The lowest BCUT2D eigenvalue weighted by Crippen LogP contribution is -2.27. The number of anilines is 1. The number of carbonyl (C=O) groups is 1. The average molecular weight is 425 g/mol. The highest BCUT2D eigenvalue weighted by Crippen LogP contribution is 2.17. The van der Waals surface area contributed by atoms with Gasteiger partial charge in [-0.2, -0.15) is 5.10 Å². The Morgan fingerprint density at radius 3 is 2.57 bits per heavy atom. The van der Waals surface area contributed by atoms with E-state index in [4.69, 9.17) is 0 Å². The van der Waals surface area contributed by atoms with Crippen LogP contribution in [0.4, 0.5) is 10.1 Å². The fraction of sp³-hybridized carbons (Fsp3) is 0.176. The van der Waals surface area contributed by atoms with Crippen LogP contribution in [-0.2, 0) is 4.79 Å². The van der Waals surface area contributed by atoms with Crippen molar-refractivity contribution >= 4 is 39.9 Å². The zero-order chi connectivity index (χ0) is 16.8. The Morgan fingerprint density at radius 2 is 1.91 bits per heavy atom. The highest BCUT2D eigenvalue weighted by Gasteiger charge is 2.04. The monoisotopic (exact) mass is 425 g/mol. The molecule has 120 valence electrons. The smallest absolute Gasteiger partial charge is 0.259 e. The third-order valence-electron chi connectivity index (χ3n) is 3.24. The molecule has 2 N–H and O–H groups in total. The second-order valence-corrected chi connectivity index (χ2v) is 6.30. The summed E-state index contributed by atoms with van der Waals surface area (Å²) < 4.78 is 14.0. The van der Waals surface area contributed by atoms with E-state index in [2.05, 4.69) is 38.4 Å². The molecule has 0 spiro atoms. The van der Waals surface area contributed by atoms with E-state index in [1.165, 1.54) is 12.1 Å². The van der Waals surface area contributed by atoms with Crippen LogP contribution >= 0.6 is 22.6 Å². The van der Waals surface area contributed by atoms with Gasteiger partial charge in [-0.15, -0.1) is 0 Å². The predicted molar refractivity (Wildman–Crippen MR) is 99.1 cm³/mol. The lowest BCUT2D eigenvalue weighted by molar-refractivity contribution is -0.119. The van der Waals surface area contributed by atoms with Gasteiger partial charge in [-0.05, 0) is 77.9 Å². The molecule has 0 aliphatic carbocycles. The van der Waals surface area contributed by atoms with Crippen LogP contribution in [0.3, 0.4) is 0 Å². The number of nitrogens with one attached hydrogen (secondary N) is 2. The first kappa shape index (κ1) is 17.4. The molecule has 0 radical (unpaired) electrons. The number of hydrazone groups is 1. The first-order chi connectivity index (χ1) is 11.0. The predicted octanol–water partition coefficient (Wildman–Crippen LogP) is 3.69. The van der Waals surface area contributed by atoms with Gasteiger partial charge in [0, 0.05) is 9.26 Å². The number of rotatable bonds is 5. The summed E-state index contributed by atoms with van der Waals surface area (Å²) in [6.45, 7) is 3.87. The summed E-state index contributed by atoms with van der Waals surface area (Å²) in [6.07, 6.45) is 0. The van der Waals surface area contributed by atoms with E-state index in [1.54, 1.807) is 19.1 Å². The van der Waals surface area contributed by atoms with E-state index in [0.717, 1.165) is 20.4 Å². The topological polar surface area (TPSA) is 53.5 Å². The molecule has 6 heteroatoms. The van der Waals surface area contributed by atoms with Crippen molar-refractivity contribution in [1.82, 2.24) is 5.43 Å². The van der Waals surface area contributed by atoms with Crippen molar-refractivity contribution in [3.8, 4) is 0 Å². The van der Waals surface area contributed by atoms with Crippen molar-refractivity contribution in [3.05, 3.63) is 63.0 Å². The number of nitrogens with zero attached hydrogens (tertiary/aromatic N) is 1. The van der Waals surface area contributed by atoms with Crippen LogP contribution in [0, 0.1) is 16.3 Å². The Hall–Kier alpha value is -1.96. The van der Waals surface area contributed by atoms with E-state index >= 15 is 0 Å². The Bertz CT molecular complexity index is 729. The van der Waals surface area contributed by atoms with Crippen LogP contribution in [0.25, 0.3) is 0 Å². The van der Waals surface area contributed by atoms with E-state index in [1.807, 2.05) is 25.1 Å². The lowest BCUT2D eigenvalue weighted by atomic mass is 10.1. The lowest BCUT2D eigenvalue weighted by Gasteiger charge is -2.09. The standard InChI is InChI=1S/C17H17FIN3O/c1-11-9-15(19)7-8-16(11)20-10-17(23)22-21-12(2)13-3-5-14(18)6-4-13/h3-9,20H,10H2,1-2H3,(H,22,23). The van der Waals surface area contributed by atoms with Crippen LogP contribution in [-0.4, -0.2) is 18.2 Å². The van der Waals surface area contributed by atoms with Crippen molar-refractivity contribution in [1.29, 1.82) is 0 Å². The molecule has 0 aliphatic rings. The van der Waals surface area contributed by atoms with Gasteiger partial charge < -0.3 is 5.32 Å². The van der Waals surface area contributed by atoms with Gasteiger partial charge >= 0.3 is 0 Å². The van der Waals surface area contributed by atoms with Crippen molar-refractivity contribution in [3.63, 3.8) is 0 Å². The molecule has 4 nitrogen and oxygen atoms in total. The van der Waals surface area contributed by atoms with Gasteiger partial charge in [-0.3, -0.25) is 4.79 Å². The summed E-state index contributed by atoms with van der Waals surface area (Å²) >= 11 is 2.24. The largest absolute Gasteiger partial charge is 0.376 e. The molecule has 0 atom stereocenters. The fourth-order valence-electron chi connectivity index (χ4n) is 1.94. The first-order valence-corrected chi connectivity index (χ1v) is 8.12. The number of aryl methyl sites for hydroxylation is 1. The zero-order valence-corrected chi connectivity index (χ0v) is 15.0. The summed E-state index contributed by atoms with van der Waals surface area (Å²) in [5.41, 5.74) is 5.86. The highest BCUT2D eigenvalue weighted by molar-refractivity contribution is 14.1. The van der Waals surface area contributed by atoms with Gasteiger partial charge in [0.1, 0.15) is 5.82 Å². The summed E-state index contributed by atoms with van der Waals surface area (Å²) in [7, 11) is 0. The maximum atomic E-state index is 12.9. The fourth-order valence-corrected chi connectivity index (χ4v) is 2.59. The molecule has 2 aromatic carbocycles. The minimum absolute atomic E-state index is 0.127. The van der Waals surface area contributed by atoms with Crippen LogP contribution in [0.5, 0.6) is 0 Å². The number of carbonyl (C=O) groups excluding carboxylic acids is 1. The Labute approximate surface area is 148 Å². The van der Waals surface area contributed by atoms with Crippen molar-refractivity contribution in [2.45, 2.75) is 13.8 Å². The summed E-state index contributed by atoms with van der Waals surface area (Å²) in [6, 6.07) is 11.9. The SMILES string of the molecule is CC(=NNC(=O)CNc1ccc(I)cc1C)c1ccc(F)cc1. The van der Waals surface area contributed by atoms with Gasteiger partial charge in [0.15, 0.2) is 0 Å². The third kappa shape index (κ3) is 5.31. The number of benzene rings is 2. The molecule has 1 amide bonds. The Balaban J connectivity index is 1.89. The zero-order valence-electron chi connectivity index (χ0n) is 12.9. The average Bonchev–Trinajstić information content (AvgIpc) is 2.52. The van der Waals surface area contributed by atoms with Gasteiger partial charge in [0.05, 0.1) is 12.3 Å². The van der Waals surface area contributed by atoms with Gasteiger partial charge in [-0.1, -0.05) is 12.1 Å². The third-order valence-corrected chi connectivity index (χ3v) is 3.91. The van der Waals surface area contributed by atoms with Crippen molar-refractivity contribution in [2.24, 2.45) is 5.10 Å². The molecule has 0 unspecified atom stereocenters. The molecule has 0 heterocycles. The van der Waals surface area contributed by atoms with Crippen molar-refractivity contribution < 1.29 is 9.18 Å². The maximum absolute atomic E-state index is 12.9. The molecule has 0 saturated carbocycles. The van der Waals surface area contributed by atoms with E-state index < -0.39 is 0 Å². The van der Waals surface area contributed by atoms with Gasteiger partial charge in [-0.25, -0.2) is 9.82 Å². The summed E-state index contributed by atoms with van der Waals surface area (Å²) in [5.74, 6) is -0.549. The second-order valence-electron chi connectivity index (χ2n) is 5.05. The maximum Gasteiger partial charge on any atom is 0.259 e. The normalized spacial score (nSPS) is 11.2. The molecule has 0 aliphatic heterocycles. The van der Waals surface area contributed by atoms with Gasteiger partial charge in [0.25, 0.3) is 5.91 Å². The quantitative estimate of drug-likeness (QED) is 0.436.